The molecule has 1 aromatic heterocycles. The molecule has 0 bridgehead atoms. The zero-order chi connectivity index (χ0) is 24.8. The molecule has 3 rings (SSSR count). The molecule has 7 heteroatoms. The number of anilines is 4. The predicted molar refractivity (Wildman–Crippen MR) is 145 cm³/mol. The summed E-state index contributed by atoms with van der Waals surface area (Å²) in [4.78, 5) is 26.1. The number of benzene rings is 1. The number of nitrogens with two attached hydrogens (primary N) is 1. The Morgan fingerprint density at radius 3 is 2.85 bits per heavy atom. The molecule has 1 aliphatic rings. The van der Waals surface area contributed by atoms with Gasteiger partial charge in [0.25, 0.3) is 0 Å². The number of hydrogen-bond donors (Lipinski definition) is 2. The van der Waals surface area contributed by atoms with Crippen LogP contribution in [-0.2, 0) is 6.42 Å². The van der Waals surface area contributed by atoms with E-state index < -0.39 is 0 Å². The van der Waals surface area contributed by atoms with Crippen LogP contribution in [0.5, 0.6) is 0 Å². The van der Waals surface area contributed by atoms with Crippen LogP contribution in [0.3, 0.4) is 0 Å². The minimum Gasteiger partial charge on any atom is -0.398 e. The van der Waals surface area contributed by atoms with Gasteiger partial charge in [-0.25, -0.2) is 9.78 Å². The van der Waals surface area contributed by atoms with E-state index in [9.17, 15) is 4.79 Å². The summed E-state index contributed by atoms with van der Waals surface area (Å²) in [6.45, 7) is 15.2. The molecule has 2 amide bonds. The van der Waals surface area contributed by atoms with Crippen molar-refractivity contribution in [2.45, 2.75) is 47.0 Å². The lowest BCUT2D eigenvalue weighted by Gasteiger charge is -2.29. The Morgan fingerprint density at radius 2 is 2.18 bits per heavy atom. The molecule has 34 heavy (non-hydrogen) atoms. The molecule has 182 valence electrons. The number of fused-ring (bicyclic) bond motifs is 1. The zero-order valence-electron chi connectivity index (χ0n) is 21.2. The van der Waals surface area contributed by atoms with Gasteiger partial charge in [-0.05, 0) is 55.9 Å². The monoisotopic (exact) mass is 462 g/mol. The van der Waals surface area contributed by atoms with Crippen molar-refractivity contribution in [1.29, 1.82) is 0 Å². The van der Waals surface area contributed by atoms with Crippen LogP contribution in [-0.4, -0.2) is 43.9 Å². The van der Waals surface area contributed by atoms with Gasteiger partial charge in [-0.3, -0.25) is 9.89 Å². The first-order valence-electron chi connectivity index (χ1n) is 12.0. The average molecular weight is 463 g/mol. The summed E-state index contributed by atoms with van der Waals surface area (Å²) in [6.07, 6.45) is 6.24. The average Bonchev–Trinajstić information content (AvgIpc) is 3.24. The highest BCUT2D eigenvalue weighted by Gasteiger charge is 2.30. The lowest BCUT2D eigenvalue weighted by atomic mass is 10.1. The minimum atomic E-state index is -0.189. The Bertz CT molecular complexity index is 1080. The molecule has 0 saturated heterocycles. The van der Waals surface area contributed by atoms with E-state index in [0.29, 0.717) is 18.2 Å². The number of rotatable bonds is 9. The second-order valence-corrected chi connectivity index (χ2v) is 9.34. The van der Waals surface area contributed by atoms with E-state index in [2.05, 4.69) is 53.6 Å². The molecule has 0 radical (unpaired) electrons. The first kappa shape index (κ1) is 25.3. The third-order valence-electron chi connectivity index (χ3n) is 6.20. The molecule has 2 heterocycles. The number of aromatic nitrogens is 1. The maximum absolute atomic E-state index is 13.3. The second-order valence-electron chi connectivity index (χ2n) is 9.34. The van der Waals surface area contributed by atoms with E-state index in [4.69, 9.17) is 5.73 Å². The number of pyridine rings is 1. The Labute approximate surface area is 203 Å². The number of hydrogen-bond acceptors (Lipinski definition) is 5. The van der Waals surface area contributed by atoms with Crippen LogP contribution in [0.15, 0.2) is 41.5 Å². The molecular weight excluding hydrogens is 424 g/mol. The summed E-state index contributed by atoms with van der Waals surface area (Å²) in [5.41, 5.74) is 12.7. The van der Waals surface area contributed by atoms with E-state index in [1.54, 1.807) is 18.2 Å². The fraction of sp³-hybridized carbons (Fsp3) is 0.444. The summed E-state index contributed by atoms with van der Waals surface area (Å²) in [5, 5.41) is 3.05. The number of urea groups is 1. The number of carbonyl (C=O) groups is 1. The molecule has 0 spiro atoms. The van der Waals surface area contributed by atoms with Gasteiger partial charge >= 0.3 is 6.03 Å². The summed E-state index contributed by atoms with van der Waals surface area (Å²) in [7, 11) is 1.70. The largest absolute Gasteiger partial charge is 0.398 e. The predicted octanol–water partition coefficient (Wildman–Crippen LogP) is 5.43. The Morgan fingerprint density at radius 1 is 1.41 bits per heavy atom. The van der Waals surface area contributed by atoms with Crippen molar-refractivity contribution >= 4 is 35.1 Å². The first-order chi connectivity index (χ1) is 16.2. The van der Waals surface area contributed by atoms with Crippen LogP contribution in [0.1, 0.15) is 50.3 Å². The van der Waals surface area contributed by atoms with Gasteiger partial charge in [0.1, 0.15) is 5.82 Å². The second kappa shape index (κ2) is 11.2. The number of carbonyl (C=O) groups excluding carboxylic acids is 1. The highest BCUT2D eigenvalue weighted by atomic mass is 16.2. The van der Waals surface area contributed by atoms with Gasteiger partial charge in [0.2, 0.25) is 0 Å². The molecule has 1 aromatic carbocycles. The third-order valence-corrected chi connectivity index (χ3v) is 6.20. The molecule has 0 fully saturated rings. The van der Waals surface area contributed by atoms with Gasteiger partial charge in [0, 0.05) is 67.3 Å². The summed E-state index contributed by atoms with van der Waals surface area (Å²) >= 11 is 0. The van der Waals surface area contributed by atoms with Crippen molar-refractivity contribution in [1.82, 2.24) is 4.98 Å². The molecular formula is C27H38N6O. The number of nitrogens with zero attached hydrogens (tertiary/aromatic N) is 4. The zero-order valence-corrected chi connectivity index (χ0v) is 21.2. The van der Waals surface area contributed by atoms with Gasteiger partial charge in [-0.15, -0.1) is 0 Å². The van der Waals surface area contributed by atoms with Crippen molar-refractivity contribution in [3.05, 3.63) is 53.2 Å². The van der Waals surface area contributed by atoms with E-state index in [1.165, 1.54) is 11.3 Å². The molecule has 0 saturated carbocycles. The number of nitrogen functional groups attached to an aromatic ring is 1. The van der Waals surface area contributed by atoms with Gasteiger partial charge < -0.3 is 16.0 Å². The van der Waals surface area contributed by atoms with Gasteiger partial charge in [0.05, 0.1) is 0 Å². The minimum absolute atomic E-state index is 0.189. The van der Waals surface area contributed by atoms with Crippen LogP contribution in [0.4, 0.5) is 27.7 Å². The van der Waals surface area contributed by atoms with Crippen LogP contribution < -0.4 is 20.9 Å². The van der Waals surface area contributed by atoms with Crippen molar-refractivity contribution in [3.63, 3.8) is 0 Å². The van der Waals surface area contributed by atoms with E-state index in [1.807, 2.05) is 25.3 Å². The first-order valence-corrected chi connectivity index (χ1v) is 12.0. The van der Waals surface area contributed by atoms with Crippen molar-refractivity contribution in [2.75, 3.05) is 47.5 Å². The summed E-state index contributed by atoms with van der Waals surface area (Å²) in [6, 6.07) is 5.61. The quantitative estimate of drug-likeness (QED) is 0.295. The van der Waals surface area contributed by atoms with Crippen LogP contribution >= 0.6 is 0 Å². The third kappa shape index (κ3) is 5.76. The number of amides is 2. The SMILES string of the molecule is C=C(CC)CCN(CC(C)C)c1ccnc2c1CCN2C(=O)Nc1cc(C=NC)c(N)cc1C. The van der Waals surface area contributed by atoms with Crippen LogP contribution in [0.2, 0.25) is 0 Å². The highest BCUT2D eigenvalue weighted by molar-refractivity contribution is 6.04. The molecule has 0 aliphatic carbocycles. The van der Waals surface area contributed by atoms with Gasteiger partial charge in [-0.2, -0.15) is 0 Å². The standard InChI is InChI=1S/C27H38N6O/c1-7-19(4)9-12-32(17-18(2)3)25-8-11-30-26-22(25)10-13-33(26)27(34)31-24-15-21(16-29-6)23(28)14-20(24)5/h8,11,14-16,18H,4,7,9-10,12-13,17,28H2,1-3,5-6H3,(H,31,34). The lowest BCUT2D eigenvalue weighted by molar-refractivity contribution is 0.257. The topological polar surface area (TPSA) is 86.9 Å². The van der Waals surface area contributed by atoms with Gasteiger partial charge in [0.15, 0.2) is 0 Å². The number of aryl methyl sites for hydroxylation is 1. The molecule has 1 aliphatic heterocycles. The van der Waals surface area contributed by atoms with E-state index in [-0.39, 0.29) is 6.03 Å². The Hall–Kier alpha value is -3.35. The Kier molecular flexibility index (Phi) is 8.31. The highest BCUT2D eigenvalue weighted by Crippen LogP contribution is 2.35. The number of nitrogens with one attached hydrogen (secondary N) is 1. The molecule has 0 atom stereocenters. The molecule has 2 aromatic rings. The Balaban J connectivity index is 1.85. The lowest BCUT2D eigenvalue weighted by Crippen LogP contribution is -2.34. The smallest absolute Gasteiger partial charge is 0.327 e. The molecule has 3 N–H and O–H groups in total. The fourth-order valence-corrected chi connectivity index (χ4v) is 4.30. The maximum atomic E-state index is 13.3. The van der Waals surface area contributed by atoms with Crippen molar-refractivity contribution in [3.8, 4) is 0 Å². The molecule has 7 nitrogen and oxygen atoms in total. The van der Waals surface area contributed by atoms with E-state index in [0.717, 1.165) is 60.5 Å². The van der Waals surface area contributed by atoms with E-state index >= 15 is 0 Å². The van der Waals surface area contributed by atoms with Crippen molar-refractivity contribution < 1.29 is 4.79 Å². The fourth-order valence-electron chi connectivity index (χ4n) is 4.30. The maximum Gasteiger partial charge on any atom is 0.327 e. The summed E-state index contributed by atoms with van der Waals surface area (Å²) < 4.78 is 0. The van der Waals surface area contributed by atoms with Gasteiger partial charge in [-0.1, -0.05) is 32.9 Å². The normalized spacial score (nSPS) is 12.9. The molecule has 0 unspecified atom stereocenters. The van der Waals surface area contributed by atoms with Crippen LogP contribution in [0.25, 0.3) is 0 Å². The van der Waals surface area contributed by atoms with Crippen LogP contribution in [0, 0.1) is 12.8 Å². The number of aliphatic imine (C=N–C) groups is 1. The van der Waals surface area contributed by atoms with Crippen molar-refractivity contribution in [2.24, 2.45) is 10.9 Å². The summed E-state index contributed by atoms with van der Waals surface area (Å²) in [5.74, 6) is 1.26.